The van der Waals surface area contributed by atoms with Gasteiger partial charge in [-0.25, -0.2) is 0 Å². The van der Waals surface area contributed by atoms with Crippen LogP contribution in [0.3, 0.4) is 0 Å². The zero-order valence-corrected chi connectivity index (χ0v) is 6.82. The van der Waals surface area contributed by atoms with Gasteiger partial charge in [-0.3, -0.25) is 4.57 Å². The van der Waals surface area contributed by atoms with Crippen LogP contribution in [-0.4, -0.2) is 13.3 Å². The Hall–Kier alpha value is 0.120. The molecule has 1 atom stereocenters. The predicted molar refractivity (Wildman–Crippen MR) is 35.4 cm³/mol. The molecule has 0 saturated carbocycles. The first-order valence-electron chi connectivity index (χ1n) is 2.83. The van der Waals surface area contributed by atoms with Gasteiger partial charge in [0.1, 0.15) is 0 Å². The molecule has 0 aromatic rings. The minimum atomic E-state index is -3.72. The summed E-state index contributed by atoms with van der Waals surface area (Å²) in [5.41, 5.74) is 0. The Morgan fingerprint density at radius 3 is 2.22 bits per heavy atom. The SMILES string of the molecule is CC(C)COP(C)(=O)F. The fourth-order valence-corrected chi connectivity index (χ4v) is 0.847. The molecule has 0 saturated heterocycles. The van der Waals surface area contributed by atoms with Gasteiger partial charge in [-0.15, -0.1) is 0 Å². The lowest BCUT2D eigenvalue weighted by atomic mass is 10.2. The van der Waals surface area contributed by atoms with Crippen molar-refractivity contribution < 1.29 is 13.3 Å². The third kappa shape index (κ3) is 8.12. The molecule has 0 N–H and O–H groups in total. The van der Waals surface area contributed by atoms with Crippen molar-refractivity contribution in [2.24, 2.45) is 5.92 Å². The zero-order chi connectivity index (χ0) is 7.49. The molecule has 0 aliphatic rings. The molecule has 0 amide bonds. The van der Waals surface area contributed by atoms with Gasteiger partial charge >= 0.3 is 7.68 Å². The highest BCUT2D eigenvalue weighted by atomic mass is 31.2. The van der Waals surface area contributed by atoms with Gasteiger partial charge in [0.05, 0.1) is 6.61 Å². The zero-order valence-electron chi connectivity index (χ0n) is 5.93. The monoisotopic (exact) mass is 154 g/mol. The van der Waals surface area contributed by atoms with E-state index in [0.717, 1.165) is 6.66 Å². The molecule has 0 fully saturated rings. The van der Waals surface area contributed by atoms with Gasteiger partial charge in [0.2, 0.25) is 0 Å². The van der Waals surface area contributed by atoms with Crippen LogP contribution in [0, 0.1) is 5.92 Å². The van der Waals surface area contributed by atoms with Gasteiger partial charge in [-0.05, 0) is 5.92 Å². The van der Waals surface area contributed by atoms with Crippen molar-refractivity contribution in [1.29, 1.82) is 0 Å². The Morgan fingerprint density at radius 1 is 1.67 bits per heavy atom. The summed E-state index contributed by atoms with van der Waals surface area (Å²) in [5, 5.41) is 0. The molecule has 1 unspecified atom stereocenters. The van der Waals surface area contributed by atoms with Gasteiger partial charge in [-0.2, -0.15) is 4.20 Å². The summed E-state index contributed by atoms with van der Waals surface area (Å²) < 4.78 is 26.7. The van der Waals surface area contributed by atoms with Gasteiger partial charge in [-0.1, -0.05) is 13.8 Å². The maximum atomic E-state index is 12.1. The molecule has 4 heteroatoms. The summed E-state index contributed by atoms with van der Waals surface area (Å²) in [7, 11) is -3.72. The first-order valence-corrected chi connectivity index (χ1v) is 4.80. The minimum Gasteiger partial charge on any atom is -0.305 e. The van der Waals surface area contributed by atoms with Crippen LogP contribution >= 0.6 is 7.68 Å². The molecule has 0 bridgehead atoms. The van der Waals surface area contributed by atoms with Crippen LogP contribution in [0.25, 0.3) is 0 Å². The Bertz CT molecular complexity index is 118. The van der Waals surface area contributed by atoms with E-state index in [1.165, 1.54) is 0 Å². The van der Waals surface area contributed by atoms with E-state index >= 15 is 0 Å². The smallest absolute Gasteiger partial charge is 0.305 e. The molecule has 56 valence electrons. The van der Waals surface area contributed by atoms with E-state index in [2.05, 4.69) is 4.52 Å². The van der Waals surface area contributed by atoms with Crippen molar-refractivity contribution in [2.75, 3.05) is 13.3 Å². The van der Waals surface area contributed by atoms with E-state index in [1.54, 1.807) is 0 Å². The average molecular weight is 154 g/mol. The predicted octanol–water partition coefficient (Wildman–Crippen LogP) is 2.45. The van der Waals surface area contributed by atoms with E-state index in [4.69, 9.17) is 0 Å². The van der Waals surface area contributed by atoms with Crippen molar-refractivity contribution in [1.82, 2.24) is 0 Å². The number of rotatable bonds is 3. The van der Waals surface area contributed by atoms with Crippen LogP contribution in [-0.2, 0) is 9.09 Å². The lowest BCUT2D eigenvalue weighted by molar-refractivity contribution is 0.253. The fourth-order valence-electron chi connectivity index (χ4n) is 0.282. The first-order chi connectivity index (χ1) is 3.92. The van der Waals surface area contributed by atoms with Crippen molar-refractivity contribution in [3.05, 3.63) is 0 Å². The average Bonchev–Trinajstić information content (AvgIpc) is 1.59. The molecule has 0 spiro atoms. The maximum absolute atomic E-state index is 12.1. The van der Waals surface area contributed by atoms with Crippen LogP contribution in [0.2, 0.25) is 0 Å². The molecule has 0 heterocycles. The summed E-state index contributed by atoms with van der Waals surface area (Å²) in [6.45, 7) is 4.94. The summed E-state index contributed by atoms with van der Waals surface area (Å²) in [5.74, 6) is 0.231. The fraction of sp³-hybridized carbons (Fsp3) is 1.00. The summed E-state index contributed by atoms with van der Waals surface area (Å²) in [4.78, 5) is 0. The molecule has 0 aliphatic heterocycles. The molecule has 2 nitrogen and oxygen atoms in total. The van der Waals surface area contributed by atoms with E-state index in [1.807, 2.05) is 13.8 Å². The summed E-state index contributed by atoms with van der Waals surface area (Å²) in [6, 6.07) is 0. The van der Waals surface area contributed by atoms with Crippen LogP contribution < -0.4 is 0 Å². The first kappa shape index (κ1) is 9.12. The number of halogens is 1. The highest BCUT2D eigenvalue weighted by molar-refractivity contribution is 7.52. The Morgan fingerprint density at radius 2 is 2.11 bits per heavy atom. The molecule has 0 aromatic carbocycles. The third-order valence-electron chi connectivity index (χ3n) is 0.638. The highest BCUT2D eigenvalue weighted by Crippen LogP contribution is 2.44. The second kappa shape index (κ2) is 3.33. The molecule has 0 rings (SSSR count). The molecule has 0 radical (unpaired) electrons. The molecule has 0 aliphatic carbocycles. The highest BCUT2D eigenvalue weighted by Gasteiger charge is 2.12. The molecule has 9 heavy (non-hydrogen) atoms. The van der Waals surface area contributed by atoms with Crippen LogP contribution in [0.4, 0.5) is 4.20 Å². The minimum absolute atomic E-state index is 0.226. The quantitative estimate of drug-likeness (QED) is 0.583. The van der Waals surface area contributed by atoms with Crippen molar-refractivity contribution in [3.8, 4) is 0 Å². The molecular weight excluding hydrogens is 142 g/mol. The lowest BCUT2D eigenvalue weighted by Crippen LogP contribution is -1.97. The standard InChI is InChI=1S/C5H12FO2P/c1-5(2)4-8-9(3,6)7/h5H,4H2,1-3H3. The topological polar surface area (TPSA) is 26.3 Å². The van der Waals surface area contributed by atoms with E-state index in [9.17, 15) is 8.76 Å². The molecule has 0 aromatic heterocycles. The number of hydrogen-bond donors (Lipinski definition) is 0. The number of hydrogen-bond acceptors (Lipinski definition) is 2. The van der Waals surface area contributed by atoms with E-state index < -0.39 is 7.68 Å². The Kier molecular flexibility index (Phi) is 3.37. The molecular formula is C5H12FO2P. The van der Waals surface area contributed by atoms with Crippen molar-refractivity contribution in [3.63, 3.8) is 0 Å². The van der Waals surface area contributed by atoms with Crippen molar-refractivity contribution in [2.45, 2.75) is 13.8 Å². The maximum Gasteiger partial charge on any atom is 0.364 e. The lowest BCUT2D eigenvalue weighted by Gasteiger charge is -2.06. The summed E-state index contributed by atoms with van der Waals surface area (Å²) in [6.07, 6.45) is 0. The normalized spacial score (nSPS) is 17.9. The largest absolute Gasteiger partial charge is 0.364 e. The van der Waals surface area contributed by atoms with Gasteiger partial charge < -0.3 is 4.52 Å². The van der Waals surface area contributed by atoms with Gasteiger partial charge in [0.25, 0.3) is 0 Å². The second-order valence-corrected chi connectivity index (χ2v) is 4.19. The Labute approximate surface area is 55.0 Å². The summed E-state index contributed by atoms with van der Waals surface area (Å²) >= 11 is 0. The van der Waals surface area contributed by atoms with Crippen molar-refractivity contribution >= 4 is 7.68 Å². The van der Waals surface area contributed by atoms with Crippen LogP contribution in [0.1, 0.15) is 13.8 Å². The van der Waals surface area contributed by atoms with E-state index in [-0.39, 0.29) is 12.5 Å². The van der Waals surface area contributed by atoms with Crippen LogP contribution in [0.5, 0.6) is 0 Å². The van der Waals surface area contributed by atoms with E-state index in [0.29, 0.717) is 0 Å². The Balaban J connectivity index is 3.40. The second-order valence-electron chi connectivity index (χ2n) is 2.44. The third-order valence-corrected chi connectivity index (χ3v) is 1.25. The van der Waals surface area contributed by atoms with Gasteiger partial charge in [0, 0.05) is 6.66 Å². The van der Waals surface area contributed by atoms with Gasteiger partial charge in [0.15, 0.2) is 0 Å². The van der Waals surface area contributed by atoms with Crippen LogP contribution in [0.15, 0.2) is 0 Å².